The third-order valence-corrected chi connectivity index (χ3v) is 3.97. The number of ether oxygens (including phenoxy) is 1. The molecule has 1 saturated heterocycles. The van der Waals surface area contributed by atoms with Gasteiger partial charge in [-0.3, -0.25) is 4.90 Å². The Hall–Kier alpha value is -1.65. The average Bonchev–Trinajstić information content (AvgIpc) is 3.03. The van der Waals surface area contributed by atoms with Crippen LogP contribution >= 0.6 is 0 Å². The van der Waals surface area contributed by atoms with Crippen LogP contribution in [0.25, 0.3) is 5.69 Å². The summed E-state index contributed by atoms with van der Waals surface area (Å²) in [6.07, 6.45) is 7.88. The zero-order valence-corrected chi connectivity index (χ0v) is 12.6. The van der Waals surface area contributed by atoms with Gasteiger partial charge < -0.3 is 4.74 Å². The van der Waals surface area contributed by atoms with E-state index in [1.165, 1.54) is 24.8 Å². The minimum absolute atomic E-state index is 0.389. The molecule has 4 heteroatoms. The van der Waals surface area contributed by atoms with E-state index in [9.17, 15) is 0 Å². The van der Waals surface area contributed by atoms with E-state index in [1.54, 1.807) is 0 Å². The first-order chi connectivity index (χ1) is 10.3. The molecule has 1 aliphatic heterocycles. The molecule has 4 nitrogen and oxygen atoms in total. The first kappa shape index (κ1) is 14.3. The molecule has 3 rings (SSSR count). The summed E-state index contributed by atoms with van der Waals surface area (Å²) < 4.78 is 7.76. The van der Waals surface area contributed by atoms with Crippen LogP contribution in [0.2, 0.25) is 0 Å². The molecular formula is C17H23N3O. The summed E-state index contributed by atoms with van der Waals surface area (Å²) in [6, 6.07) is 10.4. The highest BCUT2D eigenvalue weighted by Crippen LogP contribution is 2.17. The van der Waals surface area contributed by atoms with Gasteiger partial charge in [0.05, 0.1) is 11.8 Å². The molecule has 2 heterocycles. The van der Waals surface area contributed by atoms with E-state index in [-0.39, 0.29) is 0 Å². The van der Waals surface area contributed by atoms with E-state index >= 15 is 0 Å². The lowest BCUT2D eigenvalue weighted by Crippen LogP contribution is -2.33. The molecule has 0 unspecified atom stereocenters. The maximum Gasteiger partial charge on any atom is 0.0702 e. The normalized spacial score (nSPS) is 19.0. The van der Waals surface area contributed by atoms with Crippen molar-refractivity contribution in [3.8, 4) is 5.69 Å². The number of nitrogens with zero attached hydrogens (tertiary/aromatic N) is 3. The maximum absolute atomic E-state index is 5.83. The first-order valence-corrected chi connectivity index (χ1v) is 7.71. The minimum Gasteiger partial charge on any atom is -0.377 e. The van der Waals surface area contributed by atoms with Gasteiger partial charge in [-0.2, -0.15) is 5.10 Å². The van der Waals surface area contributed by atoms with Crippen molar-refractivity contribution in [2.24, 2.45) is 0 Å². The summed E-state index contributed by atoms with van der Waals surface area (Å²) in [7, 11) is 2.16. The third kappa shape index (κ3) is 3.71. The highest BCUT2D eigenvalue weighted by Gasteiger charge is 2.16. The molecule has 0 bridgehead atoms. The Morgan fingerprint density at radius 2 is 2.19 bits per heavy atom. The number of para-hydroxylation sites is 1. The van der Waals surface area contributed by atoms with Gasteiger partial charge in [-0.05, 0) is 44.0 Å². The fourth-order valence-electron chi connectivity index (χ4n) is 2.93. The van der Waals surface area contributed by atoms with Gasteiger partial charge >= 0.3 is 0 Å². The van der Waals surface area contributed by atoms with Gasteiger partial charge in [-0.25, -0.2) is 4.68 Å². The van der Waals surface area contributed by atoms with Crippen LogP contribution in [0.4, 0.5) is 0 Å². The number of hydrogen-bond acceptors (Lipinski definition) is 3. The number of benzene rings is 1. The van der Waals surface area contributed by atoms with E-state index in [0.717, 1.165) is 25.4 Å². The maximum atomic E-state index is 5.83. The van der Waals surface area contributed by atoms with Crippen molar-refractivity contribution in [1.82, 2.24) is 14.7 Å². The van der Waals surface area contributed by atoms with Crippen LogP contribution in [0, 0.1) is 0 Å². The molecule has 0 spiro atoms. The highest BCUT2D eigenvalue weighted by molar-refractivity contribution is 5.40. The summed E-state index contributed by atoms with van der Waals surface area (Å²) in [6.45, 7) is 2.83. The zero-order chi connectivity index (χ0) is 14.5. The summed E-state index contributed by atoms with van der Waals surface area (Å²) in [5.74, 6) is 0. The Kier molecular flexibility index (Phi) is 4.68. The van der Waals surface area contributed by atoms with Gasteiger partial charge in [0.1, 0.15) is 0 Å². The Balaban J connectivity index is 1.67. The van der Waals surface area contributed by atoms with E-state index in [1.807, 2.05) is 23.1 Å². The van der Waals surface area contributed by atoms with Gasteiger partial charge in [-0.1, -0.05) is 18.2 Å². The molecule has 1 fully saturated rings. The van der Waals surface area contributed by atoms with Crippen LogP contribution in [0.15, 0.2) is 42.7 Å². The minimum atomic E-state index is 0.389. The summed E-state index contributed by atoms with van der Waals surface area (Å²) >= 11 is 0. The largest absolute Gasteiger partial charge is 0.377 e. The smallest absolute Gasteiger partial charge is 0.0702 e. The number of rotatable bonds is 5. The van der Waals surface area contributed by atoms with Crippen molar-refractivity contribution in [3.05, 3.63) is 48.3 Å². The second kappa shape index (κ2) is 6.87. The molecule has 0 N–H and O–H groups in total. The van der Waals surface area contributed by atoms with Crippen molar-refractivity contribution >= 4 is 0 Å². The molecule has 21 heavy (non-hydrogen) atoms. The molecule has 0 aliphatic carbocycles. The van der Waals surface area contributed by atoms with E-state index in [0.29, 0.717) is 6.10 Å². The monoisotopic (exact) mass is 285 g/mol. The lowest BCUT2D eigenvalue weighted by molar-refractivity contribution is -0.00259. The summed E-state index contributed by atoms with van der Waals surface area (Å²) in [5.41, 5.74) is 2.44. The van der Waals surface area contributed by atoms with Crippen LogP contribution < -0.4 is 0 Å². The molecule has 0 saturated carbocycles. The van der Waals surface area contributed by atoms with Crippen LogP contribution in [-0.4, -0.2) is 41.0 Å². The highest BCUT2D eigenvalue weighted by atomic mass is 16.5. The molecule has 2 aromatic rings. The van der Waals surface area contributed by atoms with E-state index in [2.05, 4.69) is 41.3 Å². The van der Waals surface area contributed by atoms with Gasteiger partial charge in [0.15, 0.2) is 0 Å². The Morgan fingerprint density at radius 3 is 2.95 bits per heavy atom. The molecule has 1 aromatic carbocycles. The number of aromatic nitrogens is 2. The van der Waals surface area contributed by atoms with Gasteiger partial charge in [-0.15, -0.1) is 0 Å². The summed E-state index contributed by atoms with van der Waals surface area (Å²) in [4.78, 5) is 2.35. The van der Waals surface area contributed by atoms with Crippen LogP contribution in [0.5, 0.6) is 0 Å². The molecular weight excluding hydrogens is 262 g/mol. The first-order valence-electron chi connectivity index (χ1n) is 7.71. The molecule has 1 aliphatic rings. The topological polar surface area (TPSA) is 30.3 Å². The standard InChI is InChI=1S/C17H23N3O/c1-19(14-16-8-4-5-12-21-16)13-15-7-2-3-9-17(15)20-11-6-10-18-20/h2-3,6-7,9-11,16H,4-5,8,12-14H2,1H3/t16-/m0/s1. The van der Waals surface area contributed by atoms with Crippen molar-refractivity contribution in [2.75, 3.05) is 20.2 Å². The van der Waals surface area contributed by atoms with Gasteiger partial charge in [0.2, 0.25) is 0 Å². The van der Waals surface area contributed by atoms with Gasteiger partial charge in [0.25, 0.3) is 0 Å². The van der Waals surface area contributed by atoms with Crippen molar-refractivity contribution in [1.29, 1.82) is 0 Å². The second-order valence-electron chi connectivity index (χ2n) is 5.76. The second-order valence-corrected chi connectivity index (χ2v) is 5.76. The van der Waals surface area contributed by atoms with Crippen molar-refractivity contribution in [2.45, 2.75) is 31.9 Å². The molecule has 112 valence electrons. The van der Waals surface area contributed by atoms with E-state index in [4.69, 9.17) is 4.74 Å². The van der Waals surface area contributed by atoms with Crippen molar-refractivity contribution in [3.63, 3.8) is 0 Å². The third-order valence-electron chi connectivity index (χ3n) is 3.97. The molecule has 1 atom stereocenters. The van der Waals surface area contributed by atoms with Crippen LogP contribution in [0.3, 0.4) is 0 Å². The lowest BCUT2D eigenvalue weighted by atomic mass is 10.1. The predicted octanol–water partition coefficient (Wildman–Crippen LogP) is 2.87. The quantitative estimate of drug-likeness (QED) is 0.846. The van der Waals surface area contributed by atoms with Crippen LogP contribution in [-0.2, 0) is 11.3 Å². The zero-order valence-electron chi connectivity index (χ0n) is 12.6. The van der Waals surface area contributed by atoms with E-state index < -0.39 is 0 Å². The molecule has 0 radical (unpaired) electrons. The molecule has 1 aromatic heterocycles. The summed E-state index contributed by atoms with van der Waals surface area (Å²) in [5, 5.41) is 4.34. The van der Waals surface area contributed by atoms with Crippen molar-refractivity contribution < 1.29 is 4.74 Å². The number of hydrogen-bond donors (Lipinski definition) is 0. The van der Waals surface area contributed by atoms with Crippen LogP contribution in [0.1, 0.15) is 24.8 Å². The van der Waals surface area contributed by atoms with Gasteiger partial charge in [0, 0.05) is 32.1 Å². The SMILES string of the molecule is CN(Cc1ccccc1-n1cccn1)C[C@@H]1CCCCO1. The Labute approximate surface area is 126 Å². The molecule has 0 amide bonds. The Morgan fingerprint density at radius 1 is 1.29 bits per heavy atom. The fraction of sp³-hybridized carbons (Fsp3) is 0.471. The fourth-order valence-corrected chi connectivity index (χ4v) is 2.93. The Bertz CT molecular complexity index is 547. The lowest BCUT2D eigenvalue weighted by Gasteiger charge is -2.27. The average molecular weight is 285 g/mol. The number of likely N-dealkylation sites (N-methyl/N-ethyl adjacent to an activating group) is 1. The predicted molar refractivity (Wildman–Crippen MR) is 83.5 cm³/mol.